The van der Waals surface area contributed by atoms with Crippen molar-refractivity contribution in [2.75, 3.05) is 0 Å². The summed E-state index contributed by atoms with van der Waals surface area (Å²) in [6.45, 7) is 1.87. The molecule has 0 bridgehead atoms. The average molecular weight is 473 g/mol. The molecule has 0 radical (unpaired) electrons. The Morgan fingerprint density at radius 1 is 1.03 bits per heavy atom. The van der Waals surface area contributed by atoms with Crippen LogP contribution in [0.3, 0.4) is 0 Å². The van der Waals surface area contributed by atoms with Gasteiger partial charge in [0.05, 0.1) is 6.21 Å². The third-order valence-corrected chi connectivity index (χ3v) is 5.63. The summed E-state index contributed by atoms with van der Waals surface area (Å²) in [5, 5.41) is 3.91. The Balaban J connectivity index is 1.76. The number of benzene rings is 3. The standard InChI is InChI=1S/C21H17BrN2O4S/c1-15-9-11-19(12-10-15)29(26,27)28-20-8-3-2-5-17(20)14-23-24-21(25)16-6-4-7-18(22)13-16/h2-14H,1H3,(H,24,25)/b23-14-. The molecule has 0 fully saturated rings. The van der Waals surface area contributed by atoms with Crippen LogP contribution in [0.25, 0.3) is 0 Å². The Morgan fingerprint density at radius 2 is 1.76 bits per heavy atom. The first-order valence-electron chi connectivity index (χ1n) is 8.54. The van der Waals surface area contributed by atoms with E-state index in [9.17, 15) is 13.2 Å². The van der Waals surface area contributed by atoms with Crippen LogP contribution in [-0.4, -0.2) is 20.5 Å². The zero-order valence-corrected chi connectivity index (χ0v) is 17.8. The van der Waals surface area contributed by atoms with Crippen molar-refractivity contribution in [3.63, 3.8) is 0 Å². The van der Waals surface area contributed by atoms with Crippen molar-refractivity contribution in [2.24, 2.45) is 5.10 Å². The van der Waals surface area contributed by atoms with E-state index >= 15 is 0 Å². The Labute approximate surface area is 177 Å². The van der Waals surface area contributed by atoms with Crippen LogP contribution >= 0.6 is 15.9 Å². The van der Waals surface area contributed by atoms with Crippen molar-refractivity contribution in [1.82, 2.24) is 5.43 Å². The highest BCUT2D eigenvalue weighted by Gasteiger charge is 2.17. The van der Waals surface area contributed by atoms with Gasteiger partial charge in [0.15, 0.2) is 5.75 Å². The number of rotatable bonds is 6. The maximum absolute atomic E-state index is 12.5. The highest BCUT2D eigenvalue weighted by molar-refractivity contribution is 9.10. The van der Waals surface area contributed by atoms with E-state index in [1.165, 1.54) is 24.4 Å². The second-order valence-electron chi connectivity index (χ2n) is 6.10. The van der Waals surface area contributed by atoms with Crippen LogP contribution in [0, 0.1) is 6.92 Å². The van der Waals surface area contributed by atoms with E-state index in [2.05, 4.69) is 26.5 Å². The van der Waals surface area contributed by atoms with Gasteiger partial charge >= 0.3 is 10.1 Å². The Kier molecular flexibility index (Phi) is 6.46. The first-order chi connectivity index (χ1) is 13.8. The van der Waals surface area contributed by atoms with Crippen molar-refractivity contribution < 1.29 is 17.4 Å². The predicted molar refractivity (Wildman–Crippen MR) is 115 cm³/mol. The monoisotopic (exact) mass is 472 g/mol. The summed E-state index contributed by atoms with van der Waals surface area (Å²) in [5.74, 6) is -0.290. The number of hydrogen-bond donors (Lipinski definition) is 1. The topological polar surface area (TPSA) is 84.8 Å². The molecule has 3 rings (SSSR count). The molecule has 0 saturated carbocycles. The molecule has 3 aromatic carbocycles. The van der Waals surface area contributed by atoms with E-state index in [0.29, 0.717) is 11.1 Å². The molecule has 0 aliphatic carbocycles. The van der Waals surface area contributed by atoms with Gasteiger partial charge in [0.2, 0.25) is 0 Å². The van der Waals surface area contributed by atoms with E-state index in [-0.39, 0.29) is 10.6 Å². The normalized spacial score (nSPS) is 11.4. The number of nitrogens with zero attached hydrogens (tertiary/aromatic N) is 1. The van der Waals surface area contributed by atoms with E-state index in [0.717, 1.165) is 10.0 Å². The molecule has 29 heavy (non-hydrogen) atoms. The zero-order valence-electron chi connectivity index (χ0n) is 15.4. The SMILES string of the molecule is Cc1ccc(S(=O)(=O)Oc2ccccc2/C=N\NC(=O)c2cccc(Br)c2)cc1. The number of hydrazone groups is 1. The van der Waals surface area contributed by atoms with Crippen LogP contribution in [0.1, 0.15) is 21.5 Å². The number of carbonyl (C=O) groups excluding carboxylic acids is 1. The Morgan fingerprint density at radius 3 is 2.48 bits per heavy atom. The molecular formula is C21H17BrN2O4S. The van der Waals surface area contributed by atoms with Crippen LogP contribution < -0.4 is 9.61 Å². The molecule has 148 valence electrons. The van der Waals surface area contributed by atoms with E-state index in [1.54, 1.807) is 48.5 Å². The molecule has 0 spiro atoms. The summed E-state index contributed by atoms with van der Waals surface area (Å²) >= 11 is 3.30. The minimum absolute atomic E-state index is 0.0535. The lowest BCUT2D eigenvalue weighted by Gasteiger charge is -2.09. The molecule has 1 N–H and O–H groups in total. The molecule has 0 atom stereocenters. The lowest BCUT2D eigenvalue weighted by Crippen LogP contribution is -2.17. The molecule has 0 saturated heterocycles. The number of para-hydroxylation sites is 1. The highest BCUT2D eigenvalue weighted by atomic mass is 79.9. The Bertz CT molecular complexity index is 1160. The van der Waals surface area contributed by atoms with Gasteiger partial charge in [-0.05, 0) is 49.4 Å². The third-order valence-electron chi connectivity index (χ3n) is 3.88. The van der Waals surface area contributed by atoms with Crippen LogP contribution in [-0.2, 0) is 10.1 Å². The van der Waals surface area contributed by atoms with Crippen molar-refractivity contribution in [3.8, 4) is 5.75 Å². The number of nitrogens with one attached hydrogen (secondary N) is 1. The molecule has 0 heterocycles. The molecule has 6 nitrogen and oxygen atoms in total. The molecule has 8 heteroatoms. The summed E-state index contributed by atoms with van der Waals surface area (Å²) < 4.78 is 31.1. The van der Waals surface area contributed by atoms with Gasteiger partial charge in [0, 0.05) is 15.6 Å². The van der Waals surface area contributed by atoms with Gasteiger partial charge in [0.25, 0.3) is 5.91 Å². The van der Waals surface area contributed by atoms with Crippen LogP contribution in [0.15, 0.2) is 87.3 Å². The second-order valence-corrected chi connectivity index (χ2v) is 8.56. The maximum Gasteiger partial charge on any atom is 0.339 e. The van der Waals surface area contributed by atoms with Crippen LogP contribution in [0.4, 0.5) is 0 Å². The van der Waals surface area contributed by atoms with Crippen LogP contribution in [0.2, 0.25) is 0 Å². The number of amides is 1. The first kappa shape index (κ1) is 20.8. The molecule has 1 amide bonds. The fraction of sp³-hybridized carbons (Fsp3) is 0.0476. The molecule has 3 aromatic rings. The van der Waals surface area contributed by atoms with Gasteiger partial charge in [-0.15, -0.1) is 0 Å². The lowest BCUT2D eigenvalue weighted by atomic mass is 10.2. The fourth-order valence-corrected chi connectivity index (χ4v) is 3.74. The maximum atomic E-state index is 12.5. The highest BCUT2D eigenvalue weighted by Crippen LogP contribution is 2.22. The quantitative estimate of drug-likeness (QED) is 0.329. The summed E-state index contributed by atoms with van der Waals surface area (Å²) in [5.41, 5.74) is 4.18. The van der Waals surface area contributed by atoms with Gasteiger partial charge in [-0.1, -0.05) is 51.8 Å². The Hall–Kier alpha value is -2.97. The number of halogens is 1. The van der Waals surface area contributed by atoms with E-state index in [1.807, 2.05) is 13.0 Å². The second kappa shape index (κ2) is 9.02. The van der Waals surface area contributed by atoms with Crippen molar-refractivity contribution in [2.45, 2.75) is 11.8 Å². The van der Waals surface area contributed by atoms with Gasteiger partial charge < -0.3 is 4.18 Å². The third kappa shape index (κ3) is 5.52. The predicted octanol–water partition coefficient (Wildman–Crippen LogP) is 4.29. The van der Waals surface area contributed by atoms with Crippen LogP contribution in [0.5, 0.6) is 5.75 Å². The minimum atomic E-state index is -4.00. The van der Waals surface area contributed by atoms with E-state index in [4.69, 9.17) is 4.18 Å². The lowest BCUT2D eigenvalue weighted by molar-refractivity contribution is 0.0955. The molecule has 0 aliphatic rings. The number of carbonyl (C=O) groups is 1. The van der Waals surface area contributed by atoms with Gasteiger partial charge in [-0.3, -0.25) is 4.79 Å². The van der Waals surface area contributed by atoms with E-state index < -0.39 is 16.0 Å². The largest absolute Gasteiger partial charge is 0.378 e. The number of hydrogen-bond acceptors (Lipinski definition) is 5. The summed E-state index contributed by atoms with van der Waals surface area (Å²) in [7, 11) is -4.00. The van der Waals surface area contributed by atoms with Gasteiger partial charge in [-0.2, -0.15) is 13.5 Å². The zero-order chi connectivity index (χ0) is 20.9. The van der Waals surface area contributed by atoms with Crippen molar-refractivity contribution in [1.29, 1.82) is 0 Å². The van der Waals surface area contributed by atoms with Crippen molar-refractivity contribution >= 4 is 38.2 Å². The fourth-order valence-electron chi connectivity index (χ4n) is 2.39. The number of aryl methyl sites for hydroxylation is 1. The molecule has 0 unspecified atom stereocenters. The molecule has 0 aliphatic heterocycles. The molecular weight excluding hydrogens is 456 g/mol. The molecule has 0 aromatic heterocycles. The van der Waals surface area contributed by atoms with Crippen molar-refractivity contribution in [3.05, 3.63) is 94.0 Å². The minimum Gasteiger partial charge on any atom is -0.378 e. The van der Waals surface area contributed by atoms with Gasteiger partial charge in [-0.25, -0.2) is 5.43 Å². The summed E-state index contributed by atoms with van der Waals surface area (Å²) in [6, 6.07) is 19.7. The summed E-state index contributed by atoms with van der Waals surface area (Å²) in [4.78, 5) is 12.2. The summed E-state index contributed by atoms with van der Waals surface area (Å²) in [6.07, 6.45) is 1.33. The smallest absolute Gasteiger partial charge is 0.339 e. The van der Waals surface area contributed by atoms with Gasteiger partial charge in [0.1, 0.15) is 4.90 Å². The first-order valence-corrected chi connectivity index (χ1v) is 10.7. The average Bonchev–Trinajstić information content (AvgIpc) is 2.69.